The van der Waals surface area contributed by atoms with Gasteiger partial charge < -0.3 is 19.9 Å². The number of nitrogens with one attached hydrogen (secondary N) is 2. The Labute approximate surface area is 155 Å². The summed E-state index contributed by atoms with van der Waals surface area (Å²) in [5.41, 5.74) is 3.43. The van der Waals surface area contributed by atoms with E-state index in [9.17, 15) is 4.79 Å². The molecule has 0 radical (unpaired) electrons. The molecule has 3 rings (SSSR count). The van der Waals surface area contributed by atoms with E-state index in [0.29, 0.717) is 12.6 Å². The van der Waals surface area contributed by atoms with E-state index in [2.05, 4.69) is 52.1 Å². The number of alkyl carbamates (subject to hydrolysis) is 1. The van der Waals surface area contributed by atoms with Gasteiger partial charge in [0.05, 0.1) is 12.8 Å². The number of aryl methyl sites for hydroxylation is 2. The Morgan fingerprint density at radius 1 is 1.38 bits per heavy atom. The van der Waals surface area contributed by atoms with Gasteiger partial charge in [-0.25, -0.2) is 9.78 Å². The van der Waals surface area contributed by atoms with E-state index in [4.69, 9.17) is 4.98 Å². The van der Waals surface area contributed by atoms with Gasteiger partial charge >= 0.3 is 6.09 Å². The second kappa shape index (κ2) is 8.36. The molecule has 0 spiro atoms. The van der Waals surface area contributed by atoms with E-state index in [0.717, 1.165) is 30.0 Å². The molecule has 6 nitrogen and oxygen atoms in total. The number of methoxy groups -OCH3 is 1. The van der Waals surface area contributed by atoms with Crippen molar-refractivity contribution in [3.05, 3.63) is 41.7 Å². The lowest BCUT2D eigenvalue weighted by molar-refractivity contribution is 0.171. The maximum atomic E-state index is 11.2. The Balaban J connectivity index is 1.77. The van der Waals surface area contributed by atoms with Crippen LogP contribution in [0.15, 0.2) is 30.5 Å². The summed E-state index contributed by atoms with van der Waals surface area (Å²) in [6.45, 7) is 5.64. The fraction of sp³-hybridized carbons (Fsp3) is 0.500. The van der Waals surface area contributed by atoms with Crippen LogP contribution in [0.4, 0.5) is 4.79 Å². The summed E-state index contributed by atoms with van der Waals surface area (Å²) < 4.78 is 6.81. The minimum Gasteiger partial charge on any atom is -0.453 e. The molecule has 6 heteroatoms. The SMILES string of the molecule is COC(=O)NCCCn1cc(C(C)NC2CC2)nc1-c1ccccc1C. The lowest BCUT2D eigenvalue weighted by atomic mass is 10.1. The molecule has 0 saturated heterocycles. The van der Waals surface area contributed by atoms with Gasteiger partial charge in [-0.15, -0.1) is 0 Å². The molecule has 1 atom stereocenters. The maximum absolute atomic E-state index is 11.2. The molecule has 1 unspecified atom stereocenters. The molecule has 1 amide bonds. The third kappa shape index (κ3) is 4.64. The van der Waals surface area contributed by atoms with Crippen molar-refractivity contribution in [1.82, 2.24) is 20.2 Å². The van der Waals surface area contributed by atoms with Crippen LogP contribution in [-0.2, 0) is 11.3 Å². The van der Waals surface area contributed by atoms with Crippen LogP contribution in [-0.4, -0.2) is 35.3 Å². The van der Waals surface area contributed by atoms with E-state index >= 15 is 0 Å². The molecule has 1 heterocycles. The Morgan fingerprint density at radius 2 is 2.15 bits per heavy atom. The fourth-order valence-corrected chi connectivity index (χ4v) is 3.05. The molecule has 1 saturated carbocycles. The topological polar surface area (TPSA) is 68.2 Å². The number of benzene rings is 1. The zero-order valence-electron chi connectivity index (χ0n) is 15.8. The lowest BCUT2D eigenvalue weighted by Gasteiger charge is -2.10. The lowest BCUT2D eigenvalue weighted by Crippen LogP contribution is -2.24. The van der Waals surface area contributed by atoms with Crippen molar-refractivity contribution in [1.29, 1.82) is 0 Å². The number of hydrogen-bond acceptors (Lipinski definition) is 4. The fourth-order valence-electron chi connectivity index (χ4n) is 3.05. The highest BCUT2D eigenvalue weighted by Gasteiger charge is 2.25. The molecule has 2 aromatic rings. The van der Waals surface area contributed by atoms with E-state index in [1.54, 1.807) is 0 Å². The quantitative estimate of drug-likeness (QED) is 0.711. The van der Waals surface area contributed by atoms with Crippen LogP contribution in [0.3, 0.4) is 0 Å². The molecule has 2 N–H and O–H groups in total. The van der Waals surface area contributed by atoms with Gasteiger partial charge in [0.25, 0.3) is 0 Å². The third-order valence-corrected chi connectivity index (χ3v) is 4.72. The number of aromatic nitrogens is 2. The van der Waals surface area contributed by atoms with E-state index in [1.807, 2.05) is 12.1 Å². The number of carbonyl (C=O) groups excluding carboxylic acids is 1. The van der Waals surface area contributed by atoms with Crippen molar-refractivity contribution >= 4 is 6.09 Å². The highest BCUT2D eigenvalue weighted by atomic mass is 16.5. The molecule has 1 aromatic carbocycles. The van der Waals surface area contributed by atoms with Crippen LogP contribution < -0.4 is 10.6 Å². The Kier molecular flexibility index (Phi) is 5.93. The Hall–Kier alpha value is -2.34. The van der Waals surface area contributed by atoms with Crippen LogP contribution in [0.25, 0.3) is 11.4 Å². The van der Waals surface area contributed by atoms with Gasteiger partial charge in [0.1, 0.15) is 5.82 Å². The van der Waals surface area contributed by atoms with E-state index < -0.39 is 6.09 Å². The van der Waals surface area contributed by atoms with Crippen LogP contribution in [0.5, 0.6) is 0 Å². The highest BCUT2D eigenvalue weighted by molar-refractivity contribution is 5.66. The van der Waals surface area contributed by atoms with Crippen LogP contribution >= 0.6 is 0 Å². The summed E-state index contributed by atoms with van der Waals surface area (Å²) in [5, 5.41) is 6.35. The number of carbonyl (C=O) groups is 1. The second-order valence-corrected chi connectivity index (χ2v) is 6.93. The zero-order valence-corrected chi connectivity index (χ0v) is 15.8. The summed E-state index contributed by atoms with van der Waals surface area (Å²) in [5.74, 6) is 0.987. The Morgan fingerprint density at radius 3 is 2.85 bits per heavy atom. The predicted molar refractivity (Wildman–Crippen MR) is 102 cm³/mol. The molecule has 140 valence electrons. The smallest absolute Gasteiger partial charge is 0.406 e. The summed E-state index contributed by atoms with van der Waals surface area (Å²) in [6.07, 6.45) is 5.08. The van der Waals surface area contributed by atoms with Gasteiger partial charge in [0.15, 0.2) is 0 Å². The molecule has 1 aromatic heterocycles. The first-order valence-electron chi connectivity index (χ1n) is 9.29. The van der Waals surface area contributed by atoms with E-state index in [-0.39, 0.29) is 6.04 Å². The first-order chi connectivity index (χ1) is 12.6. The van der Waals surface area contributed by atoms with Crippen molar-refractivity contribution in [3.8, 4) is 11.4 Å². The number of hydrogen-bond donors (Lipinski definition) is 2. The maximum Gasteiger partial charge on any atom is 0.406 e. The number of imidazole rings is 1. The molecule has 1 aliphatic carbocycles. The molecule has 1 aliphatic rings. The zero-order chi connectivity index (χ0) is 18.5. The second-order valence-electron chi connectivity index (χ2n) is 6.93. The molecular formula is C20H28N4O2. The van der Waals surface area contributed by atoms with Gasteiger partial charge in [0, 0.05) is 36.9 Å². The standard InChI is InChI=1S/C20H28N4O2/c1-14-7-4-5-8-17(14)19-23-18(15(2)22-16-9-10-16)13-24(19)12-6-11-21-20(25)26-3/h4-5,7-8,13,15-16,22H,6,9-12H2,1-3H3,(H,21,25). The molecule has 26 heavy (non-hydrogen) atoms. The minimum absolute atomic E-state index is 0.236. The monoisotopic (exact) mass is 356 g/mol. The van der Waals surface area contributed by atoms with Crippen molar-refractivity contribution in [2.75, 3.05) is 13.7 Å². The van der Waals surface area contributed by atoms with Gasteiger partial charge in [0.2, 0.25) is 0 Å². The average molecular weight is 356 g/mol. The van der Waals surface area contributed by atoms with Crippen LogP contribution in [0.1, 0.15) is 43.5 Å². The van der Waals surface area contributed by atoms with Gasteiger partial charge in [-0.1, -0.05) is 24.3 Å². The molecular weight excluding hydrogens is 328 g/mol. The summed E-state index contributed by atoms with van der Waals surface area (Å²) in [6, 6.07) is 9.19. The third-order valence-electron chi connectivity index (χ3n) is 4.72. The largest absolute Gasteiger partial charge is 0.453 e. The first-order valence-corrected chi connectivity index (χ1v) is 9.29. The number of amides is 1. The number of nitrogens with zero attached hydrogens (tertiary/aromatic N) is 2. The summed E-state index contributed by atoms with van der Waals surface area (Å²) in [7, 11) is 1.38. The predicted octanol–water partition coefficient (Wildman–Crippen LogP) is 3.42. The average Bonchev–Trinajstić information content (AvgIpc) is 3.35. The van der Waals surface area contributed by atoms with E-state index in [1.165, 1.54) is 25.5 Å². The minimum atomic E-state index is -0.391. The summed E-state index contributed by atoms with van der Waals surface area (Å²) in [4.78, 5) is 16.1. The normalized spacial score (nSPS) is 14.9. The van der Waals surface area contributed by atoms with Crippen molar-refractivity contribution in [2.45, 2.75) is 51.7 Å². The van der Waals surface area contributed by atoms with Gasteiger partial charge in [-0.05, 0) is 38.7 Å². The number of rotatable bonds is 8. The molecule has 1 fully saturated rings. The van der Waals surface area contributed by atoms with Gasteiger partial charge in [-0.2, -0.15) is 0 Å². The first kappa shape index (κ1) is 18.5. The summed E-state index contributed by atoms with van der Waals surface area (Å²) >= 11 is 0. The van der Waals surface area contributed by atoms with Crippen molar-refractivity contribution < 1.29 is 9.53 Å². The highest BCUT2D eigenvalue weighted by Crippen LogP contribution is 2.27. The van der Waals surface area contributed by atoms with Crippen LogP contribution in [0, 0.1) is 6.92 Å². The molecule has 0 aliphatic heterocycles. The Bertz CT molecular complexity index is 752. The van der Waals surface area contributed by atoms with Crippen LogP contribution in [0.2, 0.25) is 0 Å². The van der Waals surface area contributed by atoms with Crippen molar-refractivity contribution in [3.63, 3.8) is 0 Å². The number of ether oxygens (including phenoxy) is 1. The van der Waals surface area contributed by atoms with Crippen molar-refractivity contribution in [2.24, 2.45) is 0 Å². The van der Waals surface area contributed by atoms with Gasteiger partial charge in [-0.3, -0.25) is 0 Å². The molecule has 0 bridgehead atoms.